The van der Waals surface area contributed by atoms with Gasteiger partial charge >= 0.3 is 0 Å². The molecule has 8 heteroatoms. The first-order valence-corrected chi connectivity index (χ1v) is 11.1. The van der Waals surface area contributed by atoms with Crippen LogP contribution in [0.1, 0.15) is 22.8 Å². The van der Waals surface area contributed by atoms with E-state index in [-0.39, 0.29) is 30.4 Å². The fourth-order valence-corrected chi connectivity index (χ4v) is 4.62. The molecule has 0 fully saturated rings. The number of nitrogens with zero attached hydrogens (tertiary/aromatic N) is 2. The number of ether oxygens (including phenoxy) is 1. The van der Waals surface area contributed by atoms with E-state index in [0.717, 1.165) is 17.5 Å². The molecule has 0 unspecified atom stereocenters. The summed E-state index contributed by atoms with van der Waals surface area (Å²) in [5, 5.41) is 5.13. The van der Waals surface area contributed by atoms with Gasteiger partial charge in [-0.05, 0) is 35.7 Å². The van der Waals surface area contributed by atoms with Crippen molar-refractivity contribution in [2.75, 3.05) is 11.9 Å². The molecule has 1 aliphatic heterocycles. The number of amides is 1. The van der Waals surface area contributed by atoms with E-state index in [2.05, 4.69) is 29.4 Å². The Labute approximate surface area is 187 Å². The highest BCUT2D eigenvalue weighted by molar-refractivity contribution is 7.17. The van der Waals surface area contributed by atoms with E-state index < -0.39 is 0 Å². The van der Waals surface area contributed by atoms with Gasteiger partial charge in [0.15, 0.2) is 12.4 Å². The van der Waals surface area contributed by atoms with Crippen LogP contribution in [0.5, 0.6) is 5.75 Å². The molecule has 5 rings (SSSR count). The second-order valence-electron chi connectivity index (χ2n) is 7.53. The summed E-state index contributed by atoms with van der Waals surface area (Å²) in [4.78, 5) is 42.7. The highest BCUT2D eigenvalue weighted by Gasteiger charge is 2.19. The number of ketones is 1. The maximum atomic E-state index is 13.2. The molecular formula is C24H19N3O4S. The molecule has 0 saturated carbocycles. The molecule has 160 valence electrons. The molecule has 7 nitrogen and oxygen atoms in total. The minimum Gasteiger partial charge on any atom is -0.482 e. The van der Waals surface area contributed by atoms with Gasteiger partial charge in [-0.3, -0.25) is 19.0 Å². The van der Waals surface area contributed by atoms with Gasteiger partial charge in [0.05, 0.1) is 23.9 Å². The van der Waals surface area contributed by atoms with Gasteiger partial charge in [0.2, 0.25) is 0 Å². The number of benzene rings is 2. The molecule has 0 bridgehead atoms. The Morgan fingerprint density at radius 1 is 1.19 bits per heavy atom. The van der Waals surface area contributed by atoms with Crippen molar-refractivity contribution >= 4 is 38.9 Å². The molecule has 0 aliphatic carbocycles. The van der Waals surface area contributed by atoms with Crippen LogP contribution in [0.4, 0.5) is 5.69 Å². The van der Waals surface area contributed by atoms with E-state index >= 15 is 0 Å². The van der Waals surface area contributed by atoms with Crippen molar-refractivity contribution in [1.82, 2.24) is 9.55 Å². The molecule has 0 atom stereocenters. The predicted octanol–water partition coefficient (Wildman–Crippen LogP) is 3.90. The number of anilines is 1. The van der Waals surface area contributed by atoms with Gasteiger partial charge in [-0.1, -0.05) is 31.2 Å². The standard InChI is InChI=1S/C24H19N3O4S/c1-2-14-3-5-15(6-4-14)17-12-32-23-22(17)24(30)27(13-25-23)10-19(28)16-7-8-20-18(9-16)26-21(29)11-31-20/h3-9,12-13H,2,10-11H2,1H3,(H,26,29). The Bertz CT molecular complexity index is 1420. The number of carbonyl (C=O) groups excluding carboxylic acids is 2. The molecule has 0 saturated heterocycles. The van der Waals surface area contributed by atoms with Crippen LogP contribution < -0.4 is 15.6 Å². The Balaban J connectivity index is 1.48. The molecule has 2 aromatic carbocycles. The summed E-state index contributed by atoms with van der Waals surface area (Å²) in [6.45, 7) is 1.89. The zero-order chi connectivity index (χ0) is 22.2. The van der Waals surface area contributed by atoms with E-state index in [4.69, 9.17) is 4.74 Å². The van der Waals surface area contributed by atoms with Crippen LogP contribution in [0.25, 0.3) is 21.3 Å². The minimum absolute atomic E-state index is 0.0501. The van der Waals surface area contributed by atoms with Crippen LogP contribution in [0.3, 0.4) is 0 Å². The van der Waals surface area contributed by atoms with Crippen molar-refractivity contribution in [3.63, 3.8) is 0 Å². The van der Waals surface area contributed by atoms with E-state index in [0.29, 0.717) is 27.2 Å². The summed E-state index contributed by atoms with van der Waals surface area (Å²) in [7, 11) is 0. The predicted molar refractivity (Wildman–Crippen MR) is 124 cm³/mol. The number of fused-ring (bicyclic) bond motifs is 2. The summed E-state index contributed by atoms with van der Waals surface area (Å²) in [6.07, 6.45) is 2.35. The van der Waals surface area contributed by atoms with Gasteiger partial charge in [-0.15, -0.1) is 11.3 Å². The lowest BCUT2D eigenvalue weighted by atomic mass is 10.0. The number of aromatic nitrogens is 2. The average Bonchev–Trinajstić information content (AvgIpc) is 3.25. The Morgan fingerprint density at radius 2 is 2.00 bits per heavy atom. The fourth-order valence-electron chi connectivity index (χ4n) is 3.72. The lowest BCUT2D eigenvalue weighted by Gasteiger charge is -2.18. The number of hydrogen-bond acceptors (Lipinski definition) is 6. The van der Waals surface area contributed by atoms with Gasteiger partial charge < -0.3 is 10.1 Å². The maximum Gasteiger partial charge on any atom is 0.263 e. The molecule has 4 aromatic rings. The Hall–Kier alpha value is -3.78. The van der Waals surface area contributed by atoms with Gasteiger partial charge in [-0.2, -0.15) is 0 Å². The molecule has 2 aromatic heterocycles. The topological polar surface area (TPSA) is 90.3 Å². The summed E-state index contributed by atoms with van der Waals surface area (Å²) in [5.41, 5.74) is 3.56. The Kier molecular flexibility index (Phi) is 5.07. The van der Waals surface area contributed by atoms with Crippen molar-refractivity contribution in [1.29, 1.82) is 0 Å². The third kappa shape index (κ3) is 3.58. The highest BCUT2D eigenvalue weighted by Crippen LogP contribution is 2.31. The second kappa shape index (κ2) is 8.05. The zero-order valence-corrected chi connectivity index (χ0v) is 18.1. The average molecular weight is 446 g/mol. The van der Waals surface area contributed by atoms with Gasteiger partial charge in [0.1, 0.15) is 10.6 Å². The van der Waals surface area contributed by atoms with Crippen LogP contribution in [0, 0.1) is 0 Å². The molecule has 0 spiro atoms. The van der Waals surface area contributed by atoms with Gasteiger partial charge in [-0.25, -0.2) is 4.98 Å². The molecule has 1 amide bonds. The van der Waals surface area contributed by atoms with E-state index in [1.54, 1.807) is 18.2 Å². The number of carbonyl (C=O) groups is 2. The fraction of sp³-hybridized carbons (Fsp3) is 0.167. The molecule has 32 heavy (non-hydrogen) atoms. The summed E-state index contributed by atoms with van der Waals surface area (Å²) in [6, 6.07) is 12.9. The van der Waals surface area contributed by atoms with Crippen LogP contribution >= 0.6 is 11.3 Å². The van der Waals surface area contributed by atoms with Crippen molar-refractivity contribution in [2.45, 2.75) is 19.9 Å². The van der Waals surface area contributed by atoms with Crippen LogP contribution in [-0.4, -0.2) is 27.8 Å². The number of thiophene rings is 1. The molecule has 1 N–H and O–H groups in total. The quantitative estimate of drug-likeness (QED) is 0.471. The summed E-state index contributed by atoms with van der Waals surface area (Å²) >= 11 is 1.41. The molecule has 3 heterocycles. The minimum atomic E-state index is -0.273. The monoisotopic (exact) mass is 445 g/mol. The number of Topliss-reactive ketones (excluding diaryl/α,β-unsaturated/α-hetero) is 1. The maximum absolute atomic E-state index is 13.2. The number of aryl methyl sites for hydroxylation is 1. The molecular weight excluding hydrogens is 426 g/mol. The first kappa shape index (κ1) is 20.1. The highest BCUT2D eigenvalue weighted by atomic mass is 32.1. The largest absolute Gasteiger partial charge is 0.482 e. The van der Waals surface area contributed by atoms with E-state index in [1.165, 1.54) is 27.8 Å². The van der Waals surface area contributed by atoms with Gasteiger partial charge in [0, 0.05) is 16.5 Å². The summed E-state index contributed by atoms with van der Waals surface area (Å²) in [5.74, 6) is -0.0247. The lowest BCUT2D eigenvalue weighted by molar-refractivity contribution is -0.118. The number of nitrogens with one attached hydrogen (secondary N) is 1. The third-order valence-electron chi connectivity index (χ3n) is 5.48. The van der Waals surface area contributed by atoms with Crippen molar-refractivity contribution in [3.8, 4) is 16.9 Å². The van der Waals surface area contributed by atoms with Crippen LogP contribution in [-0.2, 0) is 17.8 Å². The van der Waals surface area contributed by atoms with Crippen molar-refractivity contribution in [2.24, 2.45) is 0 Å². The first-order valence-electron chi connectivity index (χ1n) is 10.2. The van der Waals surface area contributed by atoms with Crippen LogP contribution in [0.15, 0.2) is 59.0 Å². The lowest BCUT2D eigenvalue weighted by Crippen LogP contribution is -2.26. The van der Waals surface area contributed by atoms with Crippen molar-refractivity contribution in [3.05, 3.63) is 75.7 Å². The zero-order valence-electron chi connectivity index (χ0n) is 17.3. The summed E-state index contributed by atoms with van der Waals surface area (Å²) < 4.78 is 6.66. The Morgan fingerprint density at radius 3 is 2.78 bits per heavy atom. The van der Waals surface area contributed by atoms with E-state index in [9.17, 15) is 14.4 Å². The number of hydrogen-bond donors (Lipinski definition) is 1. The first-order chi connectivity index (χ1) is 15.5. The van der Waals surface area contributed by atoms with Crippen molar-refractivity contribution < 1.29 is 14.3 Å². The van der Waals surface area contributed by atoms with Crippen LogP contribution in [0.2, 0.25) is 0 Å². The van der Waals surface area contributed by atoms with E-state index in [1.807, 2.05) is 17.5 Å². The van der Waals surface area contributed by atoms with Gasteiger partial charge in [0.25, 0.3) is 11.5 Å². The molecule has 1 aliphatic rings. The smallest absolute Gasteiger partial charge is 0.263 e. The third-order valence-corrected chi connectivity index (χ3v) is 6.37. The second-order valence-corrected chi connectivity index (χ2v) is 8.39. The normalized spacial score (nSPS) is 12.8. The number of rotatable bonds is 5. The molecule has 0 radical (unpaired) electrons. The SMILES string of the molecule is CCc1ccc(-c2csc3ncn(CC(=O)c4ccc5c(c4)NC(=O)CO5)c(=O)c23)cc1.